The maximum Gasteiger partial charge on any atom is 0.340 e. The highest BCUT2D eigenvalue weighted by molar-refractivity contribution is 5.89. The van der Waals surface area contributed by atoms with Crippen LogP contribution in [0.15, 0.2) is 79.4 Å². The van der Waals surface area contributed by atoms with Crippen LogP contribution in [-0.2, 0) is 20.8 Å². The Balaban J connectivity index is 0.000000227. The van der Waals surface area contributed by atoms with Gasteiger partial charge in [-0.3, -0.25) is 9.97 Å². The molecule has 0 aliphatic carbocycles. The molecule has 0 aliphatic heterocycles. The van der Waals surface area contributed by atoms with Crippen molar-refractivity contribution in [1.29, 1.82) is 0 Å². The third kappa shape index (κ3) is 9.95. The summed E-state index contributed by atoms with van der Waals surface area (Å²) in [5, 5.41) is 0. The Labute approximate surface area is 188 Å². The Morgan fingerprint density at radius 2 is 1.38 bits per heavy atom. The highest BCUT2D eigenvalue weighted by Gasteiger charge is 2.06. The van der Waals surface area contributed by atoms with E-state index in [2.05, 4.69) is 16.9 Å². The second-order valence-electron chi connectivity index (χ2n) is 6.65. The molecule has 0 radical (unpaired) electrons. The van der Waals surface area contributed by atoms with Crippen LogP contribution in [0.2, 0.25) is 0 Å². The van der Waals surface area contributed by atoms with E-state index in [0.717, 1.165) is 25.0 Å². The van der Waals surface area contributed by atoms with Gasteiger partial charge in [0.05, 0.1) is 17.7 Å². The normalized spacial score (nSPS) is 9.91. The summed E-state index contributed by atoms with van der Waals surface area (Å²) in [4.78, 5) is 30.7. The van der Waals surface area contributed by atoms with Gasteiger partial charge in [0.1, 0.15) is 13.2 Å². The van der Waals surface area contributed by atoms with Crippen molar-refractivity contribution >= 4 is 11.9 Å². The lowest BCUT2D eigenvalue weighted by molar-refractivity contribution is 0.0313. The van der Waals surface area contributed by atoms with Gasteiger partial charge in [-0.1, -0.05) is 43.7 Å². The monoisotopic (exact) mass is 436 g/mol. The molecule has 0 saturated heterocycles. The van der Waals surface area contributed by atoms with Crippen molar-refractivity contribution in [3.63, 3.8) is 0 Å². The van der Waals surface area contributed by atoms with Crippen molar-refractivity contribution in [2.45, 2.75) is 26.4 Å². The second-order valence-corrected chi connectivity index (χ2v) is 6.65. The molecule has 0 saturated carbocycles. The molecule has 0 unspecified atom stereocenters. The van der Waals surface area contributed by atoms with Crippen LogP contribution in [0.3, 0.4) is 0 Å². The number of aromatic nitrogens is 2. The molecule has 0 aliphatic rings. The Bertz CT molecular complexity index is 905. The topological polar surface area (TPSA) is 87.6 Å². The molecule has 0 spiro atoms. The number of carbonyl (C=O) groups is 2. The largest absolute Gasteiger partial charge is 0.460 e. The van der Waals surface area contributed by atoms with Crippen LogP contribution in [0, 0.1) is 0 Å². The van der Waals surface area contributed by atoms with E-state index in [-0.39, 0.29) is 25.2 Å². The van der Waals surface area contributed by atoms with Crippen molar-refractivity contribution in [2.24, 2.45) is 0 Å². The first-order valence-corrected chi connectivity index (χ1v) is 10.5. The molecule has 0 N–H and O–H groups in total. The first-order chi connectivity index (χ1) is 15.7. The summed E-state index contributed by atoms with van der Waals surface area (Å²) in [6, 6.07) is 16.3. The predicted molar refractivity (Wildman–Crippen MR) is 120 cm³/mol. The van der Waals surface area contributed by atoms with Gasteiger partial charge in [0, 0.05) is 31.4 Å². The zero-order chi connectivity index (χ0) is 22.9. The van der Waals surface area contributed by atoms with Crippen molar-refractivity contribution in [3.05, 3.63) is 96.1 Å². The molecule has 7 nitrogen and oxygen atoms in total. The van der Waals surface area contributed by atoms with E-state index in [1.54, 1.807) is 36.7 Å². The lowest BCUT2D eigenvalue weighted by atomic mass is 10.2. The number of benzene rings is 1. The van der Waals surface area contributed by atoms with Crippen molar-refractivity contribution < 1.29 is 23.8 Å². The molecule has 0 fully saturated rings. The van der Waals surface area contributed by atoms with Gasteiger partial charge in [0.2, 0.25) is 0 Å². The second kappa shape index (κ2) is 15.3. The predicted octanol–water partition coefficient (Wildman–Crippen LogP) is 4.49. The summed E-state index contributed by atoms with van der Waals surface area (Å²) >= 11 is 0. The fourth-order valence-corrected chi connectivity index (χ4v) is 2.40. The summed E-state index contributed by atoms with van der Waals surface area (Å²) in [5.74, 6) is -0.704. The quantitative estimate of drug-likeness (QED) is 0.342. The zero-order valence-corrected chi connectivity index (χ0v) is 18.2. The van der Waals surface area contributed by atoms with Crippen LogP contribution in [0.25, 0.3) is 0 Å². The van der Waals surface area contributed by atoms with Crippen molar-refractivity contribution in [2.75, 3.05) is 19.8 Å². The smallest absolute Gasteiger partial charge is 0.340 e. The van der Waals surface area contributed by atoms with Gasteiger partial charge in [0.15, 0.2) is 0 Å². The molecule has 3 aromatic rings. The molecular formula is C25H28N2O5. The molecule has 0 amide bonds. The lowest BCUT2D eigenvalue weighted by Gasteiger charge is -2.05. The third-order valence-corrected chi connectivity index (χ3v) is 4.11. The highest BCUT2D eigenvalue weighted by Crippen LogP contribution is 2.04. The third-order valence-electron chi connectivity index (χ3n) is 4.11. The van der Waals surface area contributed by atoms with E-state index in [1.165, 1.54) is 12.4 Å². The number of hydrogen-bond donors (Lipinski definition) is 0. The molecular weight excluding hydrogens is 408 g/mol. The van der Waals surface area contributed by atoms with Gasteiger partial charge in [-0.2, -0.15) is 0 Å². The summed E-state index contributed by atoms with van der Waals surface area (Å²) in [6.07, 6.45) is 8.36. The van der Waals surface area contributed by atoms with E-state index in [0.29, 0.717) is 17.7 Å². The molecule has 2 heterocycles. The Hall–Kier alpha value is -3.58. The number of esters is 2. The number of hydrogen-bond acceptors (Lipinski definition) is 7. The van der Waals surface area contributed by atoms with E-state index in [9.17, 15) is 9.59 Å². The summed E-state index contributed by atoms with van der Waals surface area (Å²) in [5.41, 5.74) is 1.91. The summed E-state index contributed by atoms with van der Waals surface area (Å²) < 4.78 is 15.4. The minimum absolute atomic E-state index is 0.286. The van der Waals surface area contributed by atoms with Gasteiger partial charge in [-0.15, -0.1) is 0 Å². The molecule has 0 bridgehead atoms. The van der Waals surface area contributed by atoms with Crippen LogP contribution >= 0.6 is 0 Å². The Morgan fingerprint density at radius 3 is 1.94 bits per heavy atom. The number of pyridine rings is 2. The summed E-state index contributed by atoms with van der Waals surface area (Å²) in [6.45, 7) is 3.85. The minimum atomic E-state index is -0.354. The molecule has 7 heteroatoms. The van der Waals surface area contributed by atoms with Gasteiger partial charge < -0.3 is 14.2 Å². The van der Waals surface area contributed by atoms with Crippen LogP contribution in [0.5, 0.6) is 0 Å². The average Bonchev–Trinajstić information content (AvgIpc) is 2.86. The molecule has 32 heavy (non-hydrogen) atoms. The van der Waals surface area contributed by atoms with E-state index < -0.39 is 0 Å². The first-order valence-electron chi connectivity index (χ1n) is 10.5. The highest BCUT2D eigenvalue weighted by atomic mass is 16.6. The average molecular weight is 437 g/mol. The number of unbranched alkanes of at least 4 members (excludes halogenated alkanes) is 1. The number of ether oxygens (including phenoxy) is 3. The summed E-state index contributed by atoms with van der Waals surface area (Å²) in [7, 11) is 0. The van der Waals surface area contributed by atoms with Gasteiger partial charge in [0.25, 0.3) is 0 Å². The van der Waals surface area contributed by atoms with Crippen LogP contribution in [-0.4, -0.2) is 41.7 Å². The first kappa shape index (κ1) is 24.7. The van der Waals surface area contributed by atoms with Gasteiger partial charge in [-0.25, -0.2) is 9.59 Å². The number of rotatable bonds is 10. The fraction of sp³-hybridized carbons (Fsp3) is 0.280. The maximum atomic E-state index is 11.6. The lowest BCUT2D eigenvalue weighted by Crippen LogP contribution is -2.11. The van der Waals surface area contributed by atoms with Crippen molar-refractivity contribution in [3.8, 4) is 0 Å². The molecule has 168 valence electrons. The maximum absolute atomic E-state index is 11.6. The fourth-order valence-electron chi connectivity index (χ4n) is 2.40. The number of carbonyl (C=O) groups excluding carboxylic acids is 2. The van der Waals surface area contributed by atoms with Gasteiger partial charge >= 0.3 is 11.9 Å². The van der Waals surface area contributed by atoms with E-state index in [4.69, 9.17) is 14.2 Å². The van der Waals surface area contributed by atoms with Crippen LogP contribution in [0.4, 0.5) is 0 Å². The molecule has 1 aromatic carbocycles. The van der Waals surface area contributed by atoms with E-state index in [1.807, 2.05) is 30.3 Å². The SMILES string of the molecule is CCCCOCCOC(=O)c1cccnc1.O=C(OCc1ccccc1)c1cccnc1. The number of nitrogens with zero attached hydrogens (tertiary/aromatic N) is 2. The Kier molecular flexibility index (Phi) is 11.8. The zero-order valence-electron chi connectivity index (χ0n) is 18.2. The molecule has 0 atom stereocenters. The van der Waals surface area contributed by atoms with Crippen LogP contribution < -0.4 is 0 Å². The Morgan fingerprint density at radius 1 is 0.750 bits per heavy atom. The van der Waals surface area contributed by atoms with Crippen molar-refractivity contribution in [1.82, 2.24) is 9.97 Å². The molecule has 3 rings (SSSR count). The van der Waals surface area contributed by atoms with Crippen LogP contribution in [0.1, 0.15) is 46.0 Å². The standard InChI is InChI=1S/C13H11NO2.C12H17NO3/c15-13(12-7-4-8-14-9-12)16-10-11-5-2-1-3-6-11;1-2-3-7-15-8-9-16-12(14)11-5-4-6-13-10-11/h1-9H,10H2;4-6,10H,2-3,7-9H2,1H3. The minimum Gasteiger partial charge on any atom is -0.460 e. The molecule has 2 aromatic heterocycles. The van der Waals surface area contributed by atoms with E-state index >= 15 is 0 Å². The van der Waals surface area contributed by atoms with Gasteiger partial charge in [-0.05, 0) is 36.2 Å².